The number of nitrogens with one attached hydrogen (secondary N) is 1. The lowest BCUT2D eigenvalue weighted by molar-refractivity contribution is 0.575. The van der Waals surface area contributed by atoms with Gasteiger partial charge >= 0.3 is 0 Å². The Kier molecular flexibility index (Phi) is 3.05. The molecular formula is C10H11ClF2N2. The van der Waals surface area contributed by atoms with Crippen LogP contribution in [0.3, 0.4) is 0 Å². The molecule has 1 heterocycles. The van der Waals surface area contributed by atoms with Crippen LogP contribution in [-0.2, 0) is 0 Å². The fourth-order valence-electron chi connectivity index (χ4n) is 1.36. The zero-order chi connectivity index (χ0) is 10.8. The number of anilines is 1. The lowest BCUT2D eigenvalue weighted by atomic mass is 10.3. The molecule has 5 heteroatoms. The minimum Gasteiger partial charge on any atom is -0.366 e. The van der Waals surface area contributed by atoms with Crippen LogP contribution in [0.25, 0.3) is 0 Å². The summed E-state index contributed by atoms with van der Waals surface area (Å²) in [6, 6.07) is 0.801. The molecule has 1 unspecified atom stereocenters. The number of hydrogen-bond donors (Lipinski definition) is 1. The summed E-state index contributed by atoms with van der Waals surface area (Å²) in [5, 5.41) is 2.77. The van der Waals surface area contributed by atoms with Crippen molar-refractivity contribution in [3.05, 3.63) is 23.9 Å². The summed E-state index contributed by atoms with van der Waals surface area (Å²) in [5.41, 5.74) is 0. The van der Waals surface area contributed by atoms with Crippen LogP contribution < -0.4 is 5.32 Å². The van der Waals surface area contributed by atoms with Crippen molar-refractivity contribution in [1.29, 1.82) is 0 Å². The van der Waals surface area contributed by atoms with E-state index >= 15 is 0 Å². The van der Waals surface area contributed by atoms with Gasteiger partial charge in [-0.25, -0.2) is 13.8 Å². The summed E-state index contributed by atoms with van der Waals surface area (Å²) in [6.07, 6.45) is 3.25. The molecule has 1 aliphatic rings. The molecule has 0 saturated heterocycles. The van der Waals surface area contributed by atoms with Gasteiger partial charge in [0.2, 0.25) is 0 Å². The normalized spacial score (nSPS) is 17.5. The van der Waals surface area contributed by atoms with Crippen molar-refractivity contribution in [1.82, 2.24) is 4.98 Å². The Labute approximate surface area is 91.7 Å². The van der Waals surface area contributed by atoms with Gasteiger partial charge in [-0.05, 0) is 18.8 Å². The fraction of sp³-hybridized carbons (Fsp3) is 0.500. The van der Waals surface area contributed by atoms with Crippen molar-refractivity contribution in [3.63, 3.8) is 0 Å². The SMILES string of the molecule is Fc1cnc(NCC(Cl)C2CC2)c(F)c1. The molecule has 1 N–H and O–H groups in total. The molecule has 0 spiro atoms. The molecule has 82 valence electrons. The van der Waals surface area contributed by atoms with Gasteiger partial charge in [0.15, 0.2) is 11.6 Å². The molecule has 1 aromatic heterocycles. The first kappa shape index (κ1) is 10.6. The largest absolute Gasteiger partial charge is 0.366 e. The number of aromatic nitrogens is 1. The molecule has 0 bridgehead atoms. The summed E-state index contributed by atoms with van der Waals surface area (Å²) in [5.74, 6) is -0.775. The van der Waals surface area contributed by atoms with Crippen molar-refractivity contribution in [2.45, 2.75) is 18.2 Å². The first-order valence-electron chi connectivity index (χ1n) is 4.86. The highest BCUT2D eigenvalue weighted by Gasteiger charge is 2.29. The molecule has 2 rings (SSSR count). The summed E-state index contributed by atoms with van der Waals surface area (Å²) in [4.78, 5) is 3.61. The number of hydrogen-bond acceptors (Lipinski definition) is 2. The van der Waals surface area contributed by atoms with Crippen LogP contribution >= 0.6 is 11.6 Å². The highest BCUT2D eigenvalue weighted by molar-refractivity contribution is 6.21. The lowest BCUT2D eigenvalue weighted by Gasteiger charge is -2.10. The summed E-state index contributed by atoms with van der Waals surface area (Å²) >= 11 is 6.02. The Morgan fingerprint density at radius 1 is 1.53 bits per heavy atom. The molecule has 0 radical (unpaired) electrons. The van der Waals surface area contributed by atoms with Gasteiger partial charge < -0.3 is 5.32 Å². The van der Waals surface area contributed by atoms with E-state index in [-0.39, 0.29) is 11.2 Å². The Balaban J connectivity index is 1.92. The molecule has 0 aromatic carbocycles. The number of rotatable bonds is 4. The van der Waals surface area contributed by atoms with E-state index in [2.05, 4.69) is 10.3 Å². The van der Waals surface area contributed by atoms with Crippen LogP contribution in [0.1, 0.15) is 12.8 Å². The lowest BCUT2D eigenvalue weighted by Crippen LogP contribution is -2.17. The number of halogens is 3. The van der Waals surface area contributed by atoms with Crippen LogP contribution in [-0.4, -0.2) is 16.9 Å². The number of nitrogens with zero attached hydrogens (tertiary/aromatic N) is 1. The van der Waals surface area contributed by atoms with Crippen molar-refractivity contribution in [3.8, 4) is 0 Å². The maximum Gasteiger partial charge on any atom is 0.168 e. The predicted molar refractivity (Wildman–Crippen MR) is 55.0 cm³/mol. The van der Waals surface area contributed by atoms with E-state index in [0.29, 0.717) is 12.5 Å². The maximum atomic E-state index is 13.1. The van der Waals surface area contributed by atoms with E-state index in [4.69, 9.17) is 11.6 Å². The number of pyridine rings is 1. The Hall–Kier alpha value is -0.900. The predicted octanol–water partition coefficient (Wildman–Crippen LogP) is 2.79. The third-order valence-corrected chi connectivity index (χ3v) is 2.92. The van der Waals surface area contributed by atoms with E-state index in [0.717, 1.165) is 25.1 Å². The van der Waals surface area contributed by atoms with Gasteiger partial charge in [0.05, 0.1) is 11.6 Å². The monoisotopic (exact) mass is 232 g/mol. The second-order valence-corrected chi connectivity index (χ2v) is 4.28. The second kappa shape index (κ2) is 4.31. The van der Waals surface area contributed by atoms with Crippen LogP contribution in [0.5, 0.6) is 0 Å². The van der Waals surface area contributed by atoms with Gasteiger partial charge in [-0.15, -0.1) is 11.6 Å². The van der Waals surface area contributed by atoms with E-state index in [1.54, 1.807) is 0 Å². The van der Waals surface area contributed by atoms with Gasteiger partial charge in [-0.3, -0.25) is 0 Å². The molecule has 1 saturated carbocycles. The van der Waals surface area contributed by atoms with Crippen LogP contribution in [0.15, 0.2) is 12.3 Å². The Morgan fingerprint density at radius 3 is 2.87 bits per heavy atom. The third-order valence-electron chi connectivity index (χ3n) is 2.41. The van der Waals surface area contributed by atoms with Crippen LogP contribution in [0.4, 0.5) is 14.6 Å². The molecule has 0 amide bonds. The Morgan fingerprint density at radius 2 is 2.27 bits per heavy atom. The molecule has 0 aliphatic heterocycles. The summed E-state index contributed by atoms with van der Waals surface area (Å²) in [7, 11) is 0. The summed E-state index contributed by atoms with van der Waals surface area (Å²) < 4.78 is 25.6. The molecular weight excluding hydrogens is 222 g/mol. The van der Waals surface area contributed by atoms with Crippen molar-refractivity contribution in [2.75, 3.05) is 11.9 Å². The van der Waals surface area contributed by atoms with E-state index in [1.807, 2.05) is 0 Å². The van der Waals surface area contributed by atoms with Gasteiger partial charge in [0.25, 0.3) is 0 Å². The van der Waals surface area contributed by atoms with E-state index in [9.17, 15) is 8.78 Å². The topological polar surface area (TPSA) is 24.9 Å². The standard InChI is InChI=1S/C10H11ClF2N2/c11-8(6-1-2-6)5-15-10-9(13)3-7(12)4-14-10/h3-4,6,8H,1-2,5H2,(H,14,15). The smallest absolute Gasteiger partial charge is 0.168 e. The molecule has 1 atom stereocenters. The van der Waals surface area contributed by atoms with Gasteiger partial charge in [-0.1, -0.05) is 0 Å². The quantitative estimate of drug-likeness (QED) is 0.808. The van der Waals surface area contributed by atoms with Gasteiger partial charge in [0.1, 0.15) is 5.82 Å². The molecule has 1 fully saturated rings. The van der Waals surface area contributed by atoms with Crippen molar-refractivity contribution >= 4 is 17.4 Å². The third kappa shape index (κ3) is 2.78. The van der Waals surface area contributed by atoms with E-state index in [1.165, 1.54) is 0 Å². The van der Waals surface area contributed by atoms with E-state index < -0.39 is 11.6 Å². The van der Waals surface area contributed by atoms with Crippen molar-refractivity contribution in [2.24, 2.45) is 5.92 Å². The van der Waals surface area contributed by atoms with Gasteiger partial charge in [-0.2, -0.15) is 0 Å². The van der Waals surface area contributed by atoms with Crippen molar-refractivity contribution < 1.29 is 8.78 Å². The highest BCUT2D eigenvalue weighted by atomic mass is 35.5. The first-order chi connectivity index (χ1) is 7.16. The average Bonchev–Trinajstić information content (AvgIpc) is 2.99. The zero-order valence-corrected chi connectivity index (χ0v) is 8.77. The second-order valence-electron chi connectivity index (χ2n) is 3.72. The van der Waals surface area contributed by atoms with Crippen LogP contribution in [0, 0.1) is 17.6 Å². The Bertz CT molecular complexity index is 355. The molecule has 1 aliphatic carbocycles. The number of alkyl halides is 1. The molecule has 15 heavy (non-hydrogen) atoms. The van der Waals surface area contributed by atoms with Gasteiger partial charge in [0, 0.05) is 12.6 Å². The summed E-state index contributed by atoms with van der Waals surface area (Å²) in [6.45, 7) is 0.460. The van der Waals surface area contributed by atoms with Crippen LogP contribution in [0.2, 0.25) is 0 Å². The fourth-order valence-corrected chi connectivity index (χ4v) is 1.69. The minimum atomic E-state index is -0.685. The average molecular weight is 233 g/mol. The minimum absolute atomic E-state index is 0.00347. The zero-order valence-electron chi connectivity index (χ0n) is 8.01. The maximum absolute atomic E-state index is 13.1. The molecule has 1 aromatic rings. The highest BCUT2D eigenvalue weighted by Crippen LogP contribution is 2.35. The molecule has 2 nitrogen and oxygen atoms in total. The first-order valence-corrected chi connectivity index (χ1v) is 5.29.